The number of carbonyl (C=O) groups is 1. The first-order valence-electron chi connectivity index (χ1n) is 4.88. The zero-order valence-corrected chi connectivity index (χ0v) is 9.36. The van der Waals surface area contributed by atoms with Gasteiger partial charge in [-0.15, -0.1) is 0 Å². The second kappa shape index (κ2) is 4.40. The van der Waals surface area contributed by atoms with Gasteiger partial charge in [0.2, 0.25) is 0 Å². The summed E-state index contributed by atoms with van der Waals surface area (Å²) >= 11 is 0. The second-order valence-corrected chi connectivity index (χ2v) is 4.09. The predicted octanol–water partition coefficient (Wildman–Crippen LogP) is 1.08. The fourth-order valence-electron chi connectivity index (χ4n) is 1.16. The molecule has 0 bridgehead atoms. The summed E-state index contributed by atoms with van der Waals surface area (Å²) in [6.45, 7) is 3.80. The van der Waals surface area contributed by atoms with Crippen molar-refractivity contribution in [1.82, 2.24) is 0 Å². The number of nitrogen functional groups attached to an aromatic ring is 1. The normalized spacial score (nSPS) is 11.2. The molecule has 0 aliphatic heterocycles. The van der Waals surface area contributed by atoms with Crippen LogP contribution in [-0.2, 0) is 0 Å². The van der Waals surface area contributed by atoms with E-state index in [1.54, 1.807) is 26.0 Å². The molecule has 0 aliphatic rings. The van der Waals surface area contributed by atoms with Crippen molar-refractivity contribution in [3.05, 3.63) is 23.8 Å². The first-order valence-corrected chi connectivity index (χ1v) is 4.88. The van der Waals surface area contributed by atoms with Gasteiger partial charge in [0.25, 0.3) is 0 Å². The summed E-state index contributed by atoms with van der Waals surface area (Å²) in [7, 11) is 0. The van der Waals surface area contributed by atoms with Crippen LogP contribution in [0.5, 0.6) is 5.75 Å². The Labute approximate surface area is 94.0 Å². The van der Waals surface area contributed by atoms with Gasteiger partial charge in [-0.25, -0.2) is 4.79 Å². The average molecular weight is 224 g/mol. The van der Waals surface area contributed by atoms with Gasteiger partial charge >= 0.3 is 5.97 Å². The van der Waals surface area contributed by atoms with E-state index >= 15 is 0 Å². The lowest BCUT2D eigenvalue weighted by Gasteiger charge is -2.26. The van der Waals surface area contributed by atoms with E-state index in [1.807, 2.05) is 0 Å². The number of aromatic carboxylic acids is 1. The lowest BCUT2D eigenvalue weighted by atomic mass is 10.1. The fraction of sp³-hybridized carbons (Fsp3) is 0.364. The maximum Gasteiger partial charge on any atom is 0.339 e. The highest BCUT2D eigenvalue weighted by molar-refractivity contribution is 5.93. The zero-order valence-electron chi connectivity index (χ0n) is 9.36. The maximum absolute atomic E-state index is 11.0. The fourth-order valence-corrected chi connectivity index (χ4v) is 1.16. The molecule has 0 amide bonds. The molecule has 0 fully saturated rings. The summed E-state index contributed by atoms with van der Waals surface area (Å²) < 4.78 is 5.54. The number of hydrogen-bond donors (Lipinski definition) is 3. The summed E-state index contributed by atoms with van der Waals surface area (Å²) in [6.07, 6.45) is 0. The molecule has 0 aromatic heterocycles. The van der Waals surface area contributed by atoms with E-state index in [4.69, 9.17) is 21.3 Å². The van der Waals surface area contributed by atoms with Gasteiger partial charge in [0, 0.05) is 6.54 Å². The number of benzene rings is 1. The molecule has 5 heteroatoms. The number of anilines is 1. The second-order valence-electron chi connectivity index (χ2n) is 4.09. The van der Waals surface area contributed by atoms with E-state index < -0.39 is 11.6 Å². The number of para-hydroxylation sites is 1. The van der Waals surface area contributed by atoms with Crippen LogP contribution in [-0.4, -0.2) is 23.2 Å². The van der Waals surface area contributed by atoms with Gasteiger partial charge in [0.05, 0.1) is 5.69 Å². The van der Waals surface area contributed by atoms with Crippen molar-refractivity contribution in [1.29, 1.82) is 0 Å². The average Bonchev–Trinajstić information content (AvgIpc) is 2.20. The molecule has 0 unspecified atom stereocenters. The molecule has 0 saturated heterocycles. The Morgan fingerprint density at radius 2 is 2.12 bits per heavy atom. The third-order valence-electron chi connectivity index (χ3n) is 2.15. The molecule has 0 saturated carbocycles. The molecule has 1 aromatic rings. The van der Waals surface area contributed by atoms with Crippen molar-refractivity contribution in [3.8, 4) is 5.75 Å². The summed E-state index contributed by atoms with van der Waals surface area (Å²) in [5.74, 6) is -0.902. The van der Waals surface area contributed by atoms with Crippen LogP contribution in [0.2, 0.25) is 0 Å². The molecule has 1 rings (SSSR count). The maximum atomic E-state index is 11.0. The SMILES string of the molecule is CC(C)(CN)Oc1c(N)cccc1C(=O)O. The topological polar surface area (TPSA) is 98.6 Å². The largest absolute Gasteiger partial charge is 0.483 e. The molecule has 0 atom stereocenters. The molecule has 1 aromatic carbocycles. The first-order chi connectivity index (χ1) is 7.37. The Kier molecular flexibility index (Phi) is 3.39. The minimum absolute atomic E-state index is 0.0431. The minimum Gasteiger partial charge on any atom is -0.483 e. The summed E-state index contributed by atoms with van der Waals surface area (Å²) in [5.41, 5.74) is 10.9. The Morgan fingerprint density at radius 1 is 1.50 bits per heavy atom. The summed E-state index contributed by atoms with van der Waals surface area (Å²) in [6, 6.07) is 4.61. The van der Waals surface area contributed by atoms with Crippen molar-refractivity contribution < 1.29 is 14.6 Å². The van der Waals surface area contributed by atoms with Crippen LogP contribution < -0.4 is 16.2 Å². The van der Waals surface area contributed by atoms with Crippen LogP contribution in [0.25, 0.3) is 0 Å². The van der Waals surface area contributed by atoms with Gasteiger partial charge in [0.1, 0.15) is 11.2 Å². The third kappa shape index (κ3) is 2.64. The van der Waals surface area contributed by atoms with Gasteiger partial charge in [-0.2, -0.15) is 0 Å². The highest BCUT2D eigenvalue weighted by Gasteiger charge is 2.22. The number of rotatable bonds is 4. The standard InChI is InChI=1S/C11H16N2O3/c1-11(2,6-12)16-9-7(10(14)15)4-3-5-8(9)13/h3-5H,6,12-13H2,1-2H3,(H,14,15). The monoisotopic (exact) mass is 224 g/mol. The molecule has 0 aliphatic carbocycles. The van der Waals surface area contributed by atoms with Gasteiger partial charge in [-0.3, -0.25) is 0 Å². The number of carboxylic acids is 1. The van der Waals surface area contributed by atoms with Crippen molar-refractivity contribution >= 4 is 11.7 Å². The molecule has 16 heavy (non-hydrogen) atoms. The Morgan fingerprint density at radius 3 is 2.62 bits per heavy atom. The van der Waals surface area contributed by atoms with Crippen LogP contribution in [0.4, 0.5) is 5.69 Å². The van der Waals surface area contributed by atoms with E-state index in [1.165, 1.54) is 6.07 Å². The van der Waals surface area contributed by atoms with E-state index in [2.05, 4.69) is 0 Å². The Hall–Kier alpha value is -1.75. The van der Waals surface area contributed by atoms with Crippen molar-refractivity contribution in [2.24, 2.45) is 5.73 Å². The highest BCUT2D eigenvalue weighted by atomic mass is 16.5. The summed E-state index contributed by atoms with van der Waals surface area (Å²) in [4.78, 5) is 11.0. The number of ether oxygens (including phenoxy) is 1. The number of carboxylic acid groups (broad SMARTS) is 1. The molecule has 88 valence electrons. The lowest BCUT2D eigenvalue weighted by molar-refractivity contribution is 0.0678. The van der Waals surface area contributed by atoms with Crippen LogP contribution in [0.15, 0.2) is 18.2 Å². The van der Waals surface area contributed by atoms with E-state index in [0.29, 0.717) is 5.69 Å². The zero-order chi connectivity index (χ0) is 12.3. The van der Waals surface area contributed by atoms with Gasteiger partial charge in [-0.05, 0) is 26.0 Å². The van der Waals surface area contributed by atoms with E-state index in [9.17, 15) is 4.79 Å². The highest BCUT2D eigenvalue weighted by Crippen LogP contribution is 2.29. The first kappa shape index (κ1) is 12.3. The van der Waals surface area contributed by atoms with Gasteiger partial charge in [0.15, 0.2) is 5.75 Å². The third-order valence-corrected chi connectivity index (χ3v) is 2.15. The molecule has 0 spiro atoms. The molecular formula is C11H16N2O3. The Bertz CT molecular complexity index is 402. The molecule has 0 heterocycles. The van der Waals surface area contributed by atoms with Crippen LogP contribution >= 0.6 is 0 Å². The van der Waals surface area contributed by atoms with Gasteiger partial charge in [-0.1, -0.05) is 6.07 Å². The predicted molar refractivity (Wildman–Crippen MR) is 61.6 cm³/mol. The quantitative estimate of drug-likeness (QED) is 0.665. The smallest absolute Gasteiger partial charge is 0.339 e. The van der Waals surface area contributed by atoms with Crippen LogP contribution in [0.3, 0.4) is 0 Å². The minimum atomic E-state index is -1.07. The van der Waals surface area contributed by atoms with Crippen molar-refractivity contribution in [2.45, 2.75) is 19.4 Å². The lowest BCUT2D eigenvalue weighted by Crippen LogP contribution is -2.37. The molecule has 5 nitrogen and oxygen atoms in total. The van der Waals surface area contributed by atoms with Gasteiger partial charge < -0.3 is 21.3 Å². The van der Waals surface area contributed by atoms with Crippen molar-refractivity contribution in [3.63, 3.8) is 0 Å². The van der Waals surface area contributed by atoms with E-state index in [0.717, 1.165) is 0 Å². The van der Waals surface area contributed by atoms with E-state index in [-0.39, 0.29) is 17.9 Å². The summed E-state index contributed by atoms with van der Waals surface area (Å²) in [5, 5.41) is 8.99. The Balaban J connectivity index is 3.16. The number of nitrogens with two attached hydrogens (primary N) is 2. The van der Waals surface area contributed by atoms with Crippen molar-refractivity contribution in [2.75, 3.05) is 12.3 Å². The molecule has 0 radical (unpaired) electrons. The van der Waals surface area contributed by atoms with Crippen LogP contribution in [0, 0.1) is 0 Å². The molecular weight excluding hydrogens is 208 g/mol. The van der Waals surface area contributed by atoms with Crippen LogP contribution in [0.1, 0.15) is 24.2 Å². The number of hydrogen-bond acceptors (Lipinski definition) is 4. The molecule has 5 N–H and O–H groups in total.